The summed E-state index contributed by atoms with van der Waals surface area (Å²) in [4.78, 5) is 24.0. The van der Waals surface area contributed by atoms with Crippen molar-refractivity contribution in [3.05, 3.63) is 65.7 Å². The van der Waals surface area contributed by atoms with Crippen LogP contribution in [0.25, 0.3) is 11.0 Å². The highest BCUT2D eigenvalue weighted by Crippen LogP contribution is 2.45. The molecule has 1 amide bonds. The van der Waals surface area contributed by atoms with Gasteiger partial charge in [0, 0.05) is 43.1 Å². The Kier molecular flexibility index (Phi) is 5.21. The number of carbonyl (C=O) groups is 1. The van der Waals surface area contributed by atoms with Gasteiger partial charge in [-0.1, -0.05) is 12.1 Å². The van der Waals surface area contributed by atoms with Crippen molar-refractivity contribution in [2.24, 2.45) is 5.92 Å². The zero-order chi connectivity index (χ0) is 22.4. The number of rotatable bonds is 4. The van der Waals surface area contributed by atoms with E-state index in [2.05, 4.69) is 27.0 Å². The molecule has 2 atom stereocenters. The molecule has 2 unspecified atom stereocenters. The second-order valence-electron chi connectivity index (χ2n) is 10.1. The third kappa shape index (κ3) is 3.55. The Labute approximate surface area is 193 Å². The lowest BCUT2D eigenvalue weighted by atomic mass is 9.72. The van der Waals surface area contributed by atoms with E-state index in [1.807, 2.05) is 18.5 Å². The van der Waals surface area contributed by atoms with E-state index in [1.165, 1.54) is 17.0 Å². The number of pyridine rings is 1. The minimum Gasteiger partial charge on any atom is -0.381 e. The van der Waals surface area contributed by atoms with Gasteiger partial charge < -0.3 is 14.6 Å². The monoisotopic (exact) mass is 447 g/mol. The van der Waals surface area contributed by atoms with Gasteiger partial charge in [0.15, 0.2) is 0 Å². The first-order valence-corrected chi connectivity index (χ1v) is 12.2. The molecule has 2 aromatic heterocycles. The molecule has 1 N–H and O–H groups in total. The van der Waals surface area contributed by atoms with Gasteiger partial charge in [-0.25, -0.2) is 9.37 Å². The molecule has 0 saturated carbocycles. The van der Waals surface area contributed by atoms with Gasteiger partial charge in [0.05, 0.1) is 5.41 Å². The molecule has 0 radical (unpaired) electrons. The summed E-state index contributed by atoms with van der Waals surface area (Å²) in [7, 11) is 0. The highest BCUT2D eigenvalue weighted by Gasteiger charge is 2.51. The average Bonchev–Trinajstić information content (AvgIpc) is 3.42. The number of aromatic amines is 1. The van der Waals surface area contributed by atoms with Crippen LogP contribution in [0.4, 0.5) is 4.39 Å². The topological polar surface area (TPSA) is 58.2 Å². The van der Waals surface area contributed by atoms with E-state index in [0.29, 0.717) is 32.0 Å². The summed E-state index contributed by atoms with van der Waals surface area (Å²) in [5.41, 5.74) is 2.42. The van der Waals surface area contributed by atoms with Crippen molar-refractivity contribution in [3.63, 3.8) is 0 Å². The Morgan fingerprint density at radius 3 is 2.70 bits per heavy atom. The molecule has 3 fully saturated rings. The van der Waals surface area contributed by atoms with Gasteiger partial charge in [-0.05, 0) is 86.3 Å². The normalized spacial score (nSPS) is 26.6. The molecule has 3 aliphatic rings. The van der Waals surface area contributed by atoms with Gasteiger partial charge >= 0.3 is 0 Å². The smallest absolute Gasteiger partial charge is 0.233 e. The number of fused-ring (bicyclic) bond motifs is 3. The molecular weight excluding hydrogens is 417 g/mol. The van der Waals surface area contributed by atoms with E-state index in [4.69, 9.17) is 4.74 Å². The van der Waals surface area contributed by atoms with Gasteiger partial charge in [-0.2, -0.15) is 0 Å². The minimum atomic E-state index is -0.670. The minimum absolute atomic E-state index is 0.194. The van der Waals surface area contributed by atoms with E-state index in [1.54, 1.807) is 12.1 Å². The Morgan fingerprint density at radius 2 is 1.94 bits per heavy atom. The van der Waals surface area contributed by atoms with Crippen molar-refractivity contribution in [2.45, 2.75) is 62.4 Å². The maximum absolute atomic E-state index is 14.2. The first-order valence-electron chi connectivity index (χ1n) is 12.2. The average molecular weight is 448 g/mol. The van der Waals surface area contributed by atoms with Crippen LogP contribution in [0.5, 0.6) is 0 Å². The van der Waals surface area contributed by atoms with Crippen LogP contribution in [-0.2, 0) is 21.4 Å². The first kappa shape index (κ1) is 20.8. The molecule has 3 aliphatic heterocycles. The lowest BCUT2D eigenvalue weighted by Gasteiger charge is -2.46. The standard InChI is InChI=1S/C27H30FN3O2/c28-21-3-1-2-20(17-21)27(8-12-33-13-9-27)26(32)31-22-4-5-23(31)16-18(15-22)14-19-6-10-29-25-24(19)7-11-30-25/h1-3,6-7,10-11,17-18,22-23H,4-5,8-9,12-16H2,(H,29,30). The Morgan fingerprint density at radius 1 is 1.15 bits per heavy atom. The molecule has 1 aromatic carbocycles. The summed E-state index contributed by atoms with van der Waals surface area (Å²) in [6, 6.07) is 11.5. The molecule has 3 aromatic rings. The number of ether oxygens (including phenoxy) is 1. The lowest BCUT2D eigenvalue weighted by Crippen LogP contribution is -2.56. The van der Waals surface area contributed by atoms with Crippen molar-refractivity contribution in [3.8, 4) is 0 Å². The van der Waals surface area contributed by atoms with E-state index >= 15 is 0 Å². The first-order chi connectivity index (χ1) is 16.1. The summed E-state index contributed by atoms with van der Waals surface area (Å²) in [5.74, 6) is 0.479. The molecule has 172 valence electrons. The van der Waals surface area contributed by atoms with E-state index in [-0.39, 0.29) is 23.8 Å². The lowest BCUT2D eigenvalue weighted by molar-refractivity contribution is -0.146. The van der Waals surface area contributed by atoms with E-state index in [0.717, 1.165) is 43.3 Å². The number of hydrogen-bond acceptors (Lipinski definition) is 3. The predicted molar refractivity (Wildman–Crippen MR) is 124 cm³/mol. The number of amides is 1. The largest absolute Gasteiger partial charge is 0.381 e. The second-order valence-corrected chi connectivity index (χ2v) is 10.1. The number of carbonyl (C=O) groups excluding carboxylic acids is 1. The summed E-state index contributed by atoms with van der Waals surface area (Å²) in [6.07, 6.45) is 10.3. The number of H-pyrrole nitrogens is 1. The number of hydrogen-bond donors (Lipinski definition) is 1. The van der Waals surface area contributed by atoms with Crippen molar-refractivity contribution < 1.29 is 13.9 Å². The van der Waals surface area contributed by atoms with Gasteiger partial charge in [-0.3, -0.25) is 4.79 Å². The van der Waals surface area contributed by atoms with Crippen LogP contribution in [0.15, 0.2) is 48.8 Å². The predicted octanol–water partition coefficient (Wildman–Crippen LogP) is 4.76. The fraction of sp³-hybridized carbons (Fsp3) is 0.481. The molecule has 6 heteroatoms. The highest BCUT2D eigenvalue weighted by molar-refractivity contribution is 5.89. The van der Waals surface area contributed by atoms with E-state index < -0.39 is 5.41 Å². The SMILES string of the molecule is O=C(N1C2CCC1CC(Cc1ccnc3[nH]ccc13)C2)C1(c2cccc(F)c2)CCOCC1. The molecule has 33 heavy (non-hydrogen) atoms. The summed E-state index contributed by atoms with van der Waals surface area (Å²) in [5, 5.41) is 1.20. The van der Waals surface area contributed by atoms with Gasteiger partial charge in [0.25, 0.3) is 0 Å². The van der Waals surface area contributed by atoms with Crippen LogP contribution in [0.1, 0.15) is 49.7 Å². The zero-order valence-electron chi connectivity index (χ0n) is 18.8. The fourth-order valence-electron chi connectivity index (χ4n) is 6.67. The maximum Gasteiger partial charge on any atom is 0.233 e. The number of aromatic nitrogens is 2. The van der Waals surface area contributed by atoms with Crippen LogP contribution < -0.4 is 0 Å². The number of piperidine rings is 1. The summed E-state index contributed by atoms with van der Waals surface area (Å²) in [6.45, 7) is 1.09. The van der Waals surface area contributed by atoms with Crippen LogP contribution in [0.2, 0.25) is 0 Å². The van der Waals surface area contributed by atoms with Crippen molar-refractivity contribution >= 4 is 16.9 Å². The fourth-order valence-corrected chi connectivity index (χ4v) is 6.67. The molecule has 5 nitrogen and oxygen atoms in total. The third-order valence-electron chi connectivity index (χ3n) is 8.26. The van der Waals surface area contributed by atoms with Crippen LogP contribution in [-0.4, -0.2) is 46.1 Å². The molecule has 0 aliphatic carbocycles. The Balaban J connectivity index is 1.25. The summed E-state index contributed by atoms with van der Waals surface area (Å²) >= 11 is 0. The zero-order valence-corrected chi connectivity index (χ0v) is 18.8. The number of halogens is 1. The highest BCUT2D eigenvalue weighted by atomic mass is 19.1. The number of nitrogens with zero attached hydrogens (tertiary/aromatic N) is 2. The van der Waals surface area contributed by atoms with Crippen LogP contribution in [0, 0.1) is 11.7 Å². The molecule has 6 rings (SSSR count). The molecule has 3 saturated heterocycles. The van der Waals surface area contributed by atoms with Crippen LogP contribution >= 0.6 is 0 Å². The Hall–Kier alpha value is -2.73. The van der Waals surface area contributed by atoms with Gasteiger partial charge in [0.2, 0.25) is 5.91 Å². The van der Waals surface area contributed by atoms with Crippen molar-refractivity contribution in [1.29, 1.82) is 0 Å². The quantitative estimate of drug-likeness (QED) is 0.627. The van der Waals surface area contributed by atoms with Gasteiger partial charge in [-0.15, -0.1) is 0 Å². The molecule has 0 spiro atoms. The molecule has 5 heterocycles. The van der Waals surface area contributed by atoms with Gasteiger partial charge in [0.1, 0.15) is 11.5 Å². The molecular formula is C27H30FN3O2. The van der Waals surface area contributed by atoms with Crippen LogP contribution in [0.3, 0.4) is 0 Å². The van der Waals surface area contributed by atoms with Crippen molar-refractivity contribution in [1.82, 2.24) is 14.9 Å². The number of benzene rings is 1. The van der Waals surface area contributed by atoms with Crippen molar-refractivity contribution in [2.75, 3.05) is 13.2 Å². The summed E-state index contributed by atoms with van der Waals surface area (Å²) < 4.78 is 19.8. The second kappa shape index (κ2) is 8.24. The Bertz CT molecular complexity index is 1150. The maximum atomic E-state index is 14.2. The third-order valence-corrected chi connectivity index (χ3v) is 8.26. The number of nitrogens with one attached hydrogen (secondary N) is 1. The van der Waals surface area contributed by atoms with E-state index in [9.17, 15) is 9.18 Å². The molecule has 2 bridgehead atoms.